The van der Waals surface area contributed by atoms with Gasteiger partial charge in [-0.3, -0.25) is 4.79 Å². The standard InChI is InChI=1S/C10H17N4O2/c1-16-8-5-12-3-2-6-14-7-4-13-10(14)9(11)15/h7,12H,2-3,5-6,8H2,1H3,(H2,11,15). The maximum absolute atomic E-state index is 10.9. The molecule has 0 spiro atoms. The molecule has 0 saturated carbocycles. The summed E-state index contributed by atoms with van der Waals surface area (Å²) >= 11 is 0. The number of nitrogens with one attached hydrogen (secondary N) is 1. The van der Waals surface area contributed by atoms with Gasteiger partial charge in [-0.15, -0.1) is 0 Å². The summed E-state index contributed by atoms with van der Waals surface area (Å²) < 4.78 is 6.61. The summed E-state index contributed by atoms with van der Waals surface area (Å²) in [6.07, 6.45) is 5.14. The Morgan fingerprint density at radius 1 is 1.69 bits per heavy atom. The first-order valence-electron chi connectivity index (χ1n) is 5.18. The molecule has 1 heterocycles. The summed E-state index contributed by atoms with van der Waals surface area (Å²) in [5.41, 5.74) is 5.15. The highest BCUT2D eigenvalue weighted by molar-refractivity contribution is 5.89. The normalized spacial score (nSPS) is 10.6. The predicted molar refractivity (Wildman–Crippen MR) is 58.9 cm³/mol. The van der Waals surface area contributed by atoms with Gasteiger partial charge in [-0.05, 0) is 13.0 Å². The van der Waals surface area contributed by atoms with E-state index in [1.807, 2.05) is 0 Å². The lowest BCUT2D eigenvalue weighted by Crippen LogP contribution is -2.23. The molecule has 3 N–H and O–H groups in total. The molecule has 0 aliphatic heterocycles. The van der Waals surface area contributed by atoms with Crippen LogP contribution in [0.3, 0.4) is 0 Å². The minimum atomic E-state index is -0.520. The monoisotopic (exact) mass is 225 g/mol. The number of amides is 1. The van der Waals surface area contributed by atoms with Crippen LogP contribution in [0.1, 0.15) is 17.0 Å². The van der Waals surface area contributed by atoms with Crippen molar-refractivity contribution in [2.45, 2.75) is 13.0 Å². The quantitative estimate of drug-likeness (QED) is 0.579. The van der Waals surface area contributed by atoms with Crippen LogP contribution in [0.15, 0.2) is 6.20 Å². The van der Waals surface area contributed by atoms with E-state index < -0.39 is 5.91 Å². The van der Waals surface area contributed by atoms with E-state index >= 15 is 0 Å². The summed E-state index contributed by atoms with van der Waals surface area (Å²) in [5.74, 6) is -0.259. The molecule has 1 rings (SSSR count). The van der Waals surface area contributed by atoms with Crippen molar-refractivity contribution in [3.8, 4) is 0 Å². The Labute approximate surface area is 94.8 Å². The number of aryl methyl sites for hydroxylation is 1. The third-order valence-corrected chi connectivity index (χ3v) is 2.11. The van der Waals surface area contributed by atoms with Gasteiger partial charge < -0.3 is 20.4 Å². The van der Waals surface area contributed by atoms with E-state index in [0.717, 1.165) is 19.5 Å². The molecule has 0 unspecified atom stereocenters. The molecule has 0 fully saturated rings. The van der Waals surface area contributed by atoms with Crippen LogP contribution in [0, 0.1) is 6.20 Å². The van der Waals surface area contributed by atoms with Crippen molar-refractivity contribution in [3.63, 3.8) is 0 Å². The molecule has 1 aromatic heterocycles. The Kier molecular flexibility index (Phi) is 5.52. The van der Waals surface area contributed by atoms with Crippen LogP contribution < -0.4 is 11.1 Å². The first-order valence-corrected chi connectivity index (χ1v) is 5.18. The summed E-state index contributed by atoms with van der Waals surface area (Å²) in [4.78, 5) is 14.7. The second kappa shape index (κ2) is 6.97. The fraction of sp³-hybridized carbons (Fsp3) is 0.600. The largest absolute Gasteiger partial charge is 0.383 e. The number of hydrogen-bond acceptors (Lipinski definition) is 4. The van der Waals surface area contributed by atoms with Crippen molar-refractivity contribution in [3.05, 3.63) is 18.2 Å². The highest BCUT2D eigenvalue weighted by Gasteiger charge is 2.07. The van der Waals surface area contributed by atoms with Gasteiger partial charge in [0.25, 0.3) is 5.91 Å². The van der Waals surface area contributed by atoms with E-state index in [0.29, 0.717) is 13.2 Å². The van der Waals surface area contributed by atoms with E-state index in [1.165, 1.54) is 0 Å². The van der Waals surface area contributed by atoms with Crippen LogP contribution in [-0.2, 0) is 11.3 Å². The van der Waals surface area contributed by atoms with E-state index in [-0.39, 0.29) is 5.82 Å². The number of ether oxygens (including phenoxy) is 1. The van der Waals surface area contributed by atoms with Gasteiger partial charge in [0, 0.05) is 26.4 Å². The number of nitrogens with zero attached hydrogens (tertiary/aromatic N) is 2. The van der Waals surface area contributed by atoms with Gasteiger partial charge in [-0.1, -0.05) is 0 Å². The molecule has 0 aliphatic carbocycles. The van der Waals surface area contributed by atoms with Gasteiger partial charge in [0.05, 0.1) is 6.61 Å². The van der Waals surface area contributed by atoms with Gasteiger partial charge in [0.2, 0.25) is 0 Å². The van der Waals surface area contributed by atoms with Crippen LogP contribution in [-0.4, -0.2) is 42.3 Å². The van der Waals surface area contributed by atoms with Gasteiger partial charge >= 0.3 is 0 Å². The third kappa shape index (κ3) is 4.00. The third-order valence-electron chi connectivity index (χ3n) is 2.11. The smallest absolute Gasteiger partial charge is 0.284 e. The molecule has 16 heavy (non-hydrogen) atoms. The van der Waals surface area contributed by atoms with Crippen LogP contribution in [0.5, 0.6) is 0 Å². The zero-order valence-corrected chi connectivity index (χ0v) is 9.40. The fourth-order valence-electron chi connectivity index (χ4n) is 1.33. The molecular formula is C10H17N4O2. The highest BCUT2D eigenvalue weighted by atomic mass is 16.5. The number of carbonyl (C=O) groups excluding carboxylic acids is 1. The minimum absolute atomic E-state index is 0.261. The average molecular weight is 225 g/mol. The lowest BCUT2D eigenvalue weighted by molar-refractivity contribution is 0.0986. The number of carbonyl (C=O) groups is 1. The van der Waals surface area contributed by atoms with Crippen LogP contribution >= 0.6 is 0 Å². The predicted octanol–water partition coefficient (Wildman–Crippen LogP) is -0.592. The Balaban J connectivity index is 2.21. The highest BCUT2D eigenvalue weighted by Crippen LogP contribution is 1.97. The molecule has 6 nitrogen and oxygen atoms in total. The summed E-state index contributed by atoms with van der Waals surface area (Å²) in [5, 5.41) is 3.21. The molecular weight excluding hydrogens is 208 g/mol. The van der Waals surface area contributed by atoms with Crippen molar-refractivity contribution in [2.24, 2.45) is 5.73 Å². The van der Waals surface area contributed by atoms with Crippen molar-refractivity contribution in [1.29, 1.82) is 0 Å². The number of aromatic nitrogens is 2. The van der Waals surface area contributed by atoms with E-state index in [9.17, 15) is 4.79 Å². The maximum Gasteiger partial charge on any atom is 0.284 e. The van der Waals surface area contributed by atoms with Crippen molar-refractivity contribution >= 4 is 5.91 Å². The molecule has 1 radical (unpaired) electrons. The van der Waals surface area contributed by atoms with Gasteiger partial charge in [0.15, 0.2) is 5.82 Å². The van der Waals surface area contributed by atoms with E-state index in [1.54, 1.807) is 17.9 Å². The molecule has 0 saturated heterocycles. The van der Waals surface area contributed by atoms with Crippen LogP contribution in [0.2, 0.25) is 0 Å². The van der Waals surface area contributed by atoms with Gasteiger partial charge in [-0.2, -0.15) is 0 Å². The Morgan fingerprint density at radius 3 is 3.19 bits per heavy atom. The van der Waals surface area contributed by atoms with E-state index in [2.05, 4.69) is 16.5 Å². The molecule has 1 amide bonds. The fourth-order valence-corrected chi connectivity index (χ4v) is 1.33. The minimum Gasteiger partial charge on any atom is -0.383 e. The molecule has 89 valence electrons. The number of methoxy groups -OCH3 is 1. The average Bonchev–Trinajstić information content (AvgIpc) is 2.71. The number of nitrogens with two attached hydrogens (primary N) is 1. The second-order valence-electron chi connectivity index (χ2n) is 3.35. The maximum atomic E-state index is 10.9. The Bertz CT molecular complexity index is 324. The van der Waals surface area contributed by atoms with Crippen molar-refractivity contribution in [1.82, 2.24) is 14.9 Å². The van der Waals surface area contributed by atoms with Crippen molar-refractivity contribution < 1.29 is 9.53 Å². The summed E-state index contributed by atoms with van der Waals surface area (Å²) in [6, 6.07) is 0. The number of hydrogen-bond donors (Lipinski definition) is 2. The Hall–Kier alpha value is -1.40. The van der Waals surface area contributed by atoms with Crippen molar-refractivity contribution in [2.75, 3.05) is 26.8 Å². The molecule has 0 bridgehead atoms. The molecule has 1 aromatic rings. The SMILES string of the molecule is COCCNCCCn1c[c]nc1C(N)=O. The zero-order valence-electron chi connectivity index (χ0n) is 9.40. The zero-order chi connectivity index (χ0) is 11.8. The molecule has 0 atom stereocenters. The van der Waals surface area contributed by atoms with Crippen LogP contribution in [0.4, 0.5) is 0 Å². The molecule has 0 aliphatic rings. The number of primary amides is 1. The number of rotatable bonds is 8. The second-order valence-corrected chi connectivity index (χ2v) is 3.35. The summed E-state index contributed by atoms with van der Waals surface area (Å²) in [7, 11) is 1.67. The molecule has 0 aromatic carbocycles. The summed E-state index contributed by atoms with van der Waals surface area (Å²) in [6.45, 7) is 3.09. The molecule has 6 heteroatoms. The lowest BCUT2D eigenvalue weighted by Gasteiger charge is -2.06. The Morgan fingerprint density at radius 2 is 2.50 bits per heavy atom. The first kappa shape index (κ1) is 12.7. The van der Waals surface area contributed by atoms with Gasteiger partial charge in [0.1, 0.15) is 6.20 Å². The first-order chi connectivity index (χ1) is 7.75. The lowest BCUT2D eigenvalue weighted by atomic mass is 10.4. The van der Waals surface area contributed by atoms with Crippen LogP contribution in [0.25, 0.3) is 0 Å². The van der Waals surface area contributed by atoms with E-state index in [4.69, 9.17) is 10.5 Å². The van der Waals surface area contributed by atoms with Gasteiger partial charge in [-0.25, -0.2) is 4.98 Å². The topological polar surface area (TPSA) is 82.2 Å². The number of imidazole rings is 1.